The highest BCUT2D eigenvalue weighted by molar-refractivity contribution is 5.84. The number of nitrogens with one attached hydrogen (secondary N) is 1. The van der Waals surface area contributed by atoms with E-state index >= 15 is 0 Å². The Balaban J connectivity index is 1.95. The Labute approximate surface area is 127 Å². The number of carbonyl (C=O) groups excluding carboxylic acids is 1. The van der Waals surface area contributed by atoms with Crippen molar-refractivity contribution in [1.82, 2.24) is 4.90 Å². The van der Waals surface area contributed by atoms with Crippen molar-refractivity contribution in [2.45, 2.75) is 52.2 Å². The number of carbonyl (C=O) groups is 1. The van der Waals surface area contributed by atoms with Gasteiger partial charge in [0.1, 0.15) is 11.8 Å². The predicted molar refractivity (Wildman–Crippen MR) is 85.7 cm³/mol. The molecule has 1 aromatic rings. The molecule has 1 saturated heterocycles. The Hall–Kier alpha value is -1.71. The van der Waals surface area contributed by atoms with Crippen molar-refractivity contribution >= 4 is 11.6 Å². The SMILES string of the molecule is CCC(C)Oc1cccc(NC(C)C(=O)N2CCCC2)c1. The zero-order valence-corrected chi connectivity index (χ0v) is 13.3. The van der Waals surface area contributed by atoms with Gasteiger partial charge in [-0.3, -0.25) is 4.79 Å². The Morgan fingerprint density at radius 1 is 1.33 bits per heavy atom. The zero-order chi connectivity index (χ0) is 15.2. The number of ether oxygens (including phenoxy) is 1. The van der Waals surface area contributed by atoms with E-state index < -0.39 is 0 Å². The molecule has 116 valence electrons. The third-order valence-electron chi connectivity index (χ3n) is 3.92. The van der Waals surface area contributed by atoms with Gasteiger partial charge in [0.15, 0.2) is 0 Å². The van der Waals surface area contributed by atoms with Crippen LogP contribution in [0.1, 0.15) is 40.0 Å². The van der Waals surface area contributed by atoms with Gasteiger partial charge >= 0.3 is 0 Å². The molecular weight excluding hydrogens is 264 g/mol. The molecule has 0 aliphatic carbocycles. The molecule has 0 saturated carbocycles. The van der Waals surface area contributed by atoms with E-state index in [1.165, 1.54) is 0 Å². The molecular formula is C17H26N2O2. The van der Waals surface area contributed by atoms with Crippen molar-refractivity contribution in [3.8, 4) is 5.75 Å². The van der Waals surface area contributed by atoms with Gasteiger partial charge in [-0.15, -0.1) is 0 Å². The fourth-order valence-electron chi connectivity index (χ4n) is 2.50. The number of rotatable bonds is 6. The van der Waals surface area contributed by atoms with Crippen LogP contribution in [0.25, 0.3) is 0 Å². The van der Waals surface area contributed by atoms with Gasteiger partial charge in [0.05, 0.1) is 6.10 Å². The van der Waals surface area contributed by atoms with Crippen LogP contribution in [0.5, 0.6) is 5.75 Å². The fourth-order valence-corrected chi connectivity index (χ4v) is 2.50. The lowest BCUT2D eigenvalue weighted by molar-refractivity contribution is -0.130. The second-order valence-corrected chi connectivity index (χ2v) is 5.76. The van der Waals surface area contributed by atoms with Crippen LogP contribution >= 0.6 is 0 Å². The molecule has 4 nitrogen and oxygen atoms in total. The zero-order valence-electron chi connectivity index (χ0n) is 13.3. The van der Waals surface area contributed by atoms with Crippen molar-refractivity contribution in [2.24, 2.45) is 0 Å². The highest BCUT2D eigenvalue weighted by Gasteiger charge is 2.23. The first-order valence-electron chi connectivity index (χ1n) is 7.92. The molecule has 1 N–H and O–H groups in total. The Morgan fingerprint density at radius 3 is 2.71 bits per heavy atom. The molecule has 0 radical (unpaired) electrons. The lowest BCUT2D eigenvalue weighted by atomic mass is 10.2. The van der Waals surface area contributed by atoms with Gasteiger partial charge in [0.25, 0.3) is 0 Å². The van der Waals surface area contributed by atoms with Crippen LogP contribution in [0.3, 0.4) is 0 Å². The molecule has 4 heteroatoms. The number of amides is 1. The average molecular weight is 290 g/mol. The summed E-state index contributed by atoms with van der Waals surface area (Å²) in [5.41, 5.74) is 0.927. The largest absolute Gasteiger partial charge is 0.491 e. The van der Waals surface area contributed by atoms with Crippen molar-refractivity contribution in [2.75, 3.05) is 18.4 Å². The molecule has 2 rings (SSSR count). The van der Waals surface area contributed by atoms with Crippen molar-refractivity contribution in [3.63, 3.8) is 0 Å². The van der Waals surface area contributed by atoms with Crippen LogP contribution in [0.15, 0.2) is 24.3 Å². The molecule has 0 aromatic heterocycles. The highest BCUT2D eigenvalue weighted by atomic mass is 16.5. The maximum absolute atomic E-state index is 12.3. The molecule has 2 atom stereocenters. The summed E-state index contributed by atoms with van der Waals surface area (Å²) in [5, 5.41) is 3.28. The van der Waals surface area contributed by atoms with Gasteiger partial charge in [0, 0.05) is 24.8 Å². The van der Waals surface area contributed by atoms with Crippen LogP contribution in [0, 0.1) is 0 Å². The molecule has 1 aliphatic heterocycles. The van der Waals surface area contributed by atoms with Crippen molar-refractivity contribution in [1.29, 1.82) is 0 Å². The van der Waals surface area contributed by atoms with E-state index in [0.717, 1.165) is 43.8 Å². The Kier molecular flexibility index (Phi) is 5.48. The minimum atomic E-state index is -0.207. The summed E-state index contributed by atoms with van der Waals surface area (Å²) >= 11 is 0. The number of hydrogen-bond acceptors (Lipinski definition) is 3. The van der Waals surface area contributed by atoms with E-state index in [2.05, 4.69) is 19.2 Å². The molecule has 0 spiro atoms. The van der Waals surface area contributed by atoms with E-state index in [1.54, 1.807) is 0 Å². The van der Waals surface area contributed by atoms with E-state index in [0.29, 0.717) is 0 Å². The molecule has 1 heterocycles. The lowest BCUT2D eigenvalue weighted by Gasteiger charge is -2.22. The minimum Gasteiger partial charge on any atom is -0.491 e. The monoisotopic (exact) mass is 290 g/mol. The summed E-state index contributed by atoms with van der Waals surface area (Å²) in [6.07, 6.45) is 3.42. The minimum absolute atomic E-state index is 0.181. The highest BCUT2D eigenvalue weighted by Crippen LogP contribution is 2.20. The summed E-state index contributed by atoms with van der Waals surface area (Å²) < 4.78 is 5.81. The van der Waals surface area contributed by atoms with E-state index in [4.69, 9.17) is 4.74 Å². The molecule has 2 unspecified atom stereocenters. The van der Waals surface area contributed by atoms with Crippen molar-refractivity contribution < 1.29 is 9.53 Å². The summed E-state index contributed by atoms with van der Waals surface area (Å²) in [6.45, 7) is 7.86. The molecule has 0 bridgehead atoms. The third kappa shape index (κ3) is 4.38. The summed E-state index contributed by atoms with van der Waals surface area (Å²) in [7, 11) is 0. The fraction of sp³-hybridized carbons (Fsp3) is 0.588. The van der Waals surface area contributed by atoms with Gasteiger partial charge in [-0.25, -0.2) is 0 Å². The molecule has 1 aliphatic rings. The van der Waals surface area contributed by atoms with Crippen LogP contribution in [0.2, 0.25) is 0 Å². The molecule has 1 fully saturated rings. The standard InChI is InChI=1S/C17H26N2O2/c1-4-13(2)21-16-9-7-8-15(12-16)18-14(3)17(20)19-10-5-6-11-19/h7-9,12-14,18H,4-6,10-11H2,1-3H3. The molecule has 1 amide bonds. The molecule has 1 aromatic carbocycles. The molecule has 21 heavy (non-hydrogen) atoms. The summed E-state index contributed by atoms with van der Waals surface area (Å²) in [5.74, 6) is 1.02. The third-order valence-corrected chi connectivity index (χ3v) is 3.92. The summed E-state index contributed by atoms with van der Waals surface area (Å²) in [4.78, 5) is 14.2. The first kappa shape index (κ1) is 15.7. The number of benzene rings is 1. The van der Waals surface area contributed by atoms with Gasteiger partial charge in [-0.1, -0.05) is 13.0 Å². The predicted octanol–water partition coefficient (Wildman–Crippen LogP) is 3.29. The number of anilines is 1. The second kappa shape index (κ2) is 7.34. The van der Waals surface area contributed by atoms with Crippen molar-refractivity contribution in [3.05, 3.63) is 24.3 Å². The maximum Gasteiger partial charge on any atom is 0.244 e. The second-order valence-electron chi connectivity index (χ2n) is 5.76. The van der Waals surface area contributed by atoms with Gasteiger partial charge in [-0.2, -0.15) is 0 Å². The van der Waals surface area contributed by atoms with Gasteiger partial charge in [-0.05, 0) is 45.2 Å². The summed E-state index contributed by atoms with van der Waals surface area (Å²) in [6, 6.07) is 7.62. The van der Waals surface area contributed by atoms with E-state index in [9.17, 15) is 4.79 Å². The van der Waals surface area contributed by atoms with E-state index in [1.807, 2.05) is 36.1 Å². The van der Waals surface area contributed by atoms with Crippen LogP contribution in [-0.2, 0) is 4.79 Å². The topological polar surface area (TPSA) is 41.6 Å². The van der Waals surface area contributed by atoms with Crippen LogP contribution in [-0.4, -0.2) is 36.0 Å². The van der Waals surface area contributed by atoms with E-state index in [-0.39, 0.29) is 18.1 Å². The lowest BCUT2D eigenvalue weighted by Crippen LogP contribution is -2.39. The number of hydrogen-bond donors (Lipinski definition) is 1. The van der Waals surface area contributed by atoms with Crippen LogP contribution < -0.4 is 10.1 Å². The maximum atomic E-state index is 12.3. The first-order chi connectivity index (χ1) is 10.1. The van der Waals surface area contributed by atoms with Gasteiger partial charge < -0.3 is 15.0 Å². The normalized spacial score (nSPS) is 17.4. The first-order valence-corrected chi connectivity index (χ1v) is 7.92. The average Bonchev–Trinajstić information content (AvgIpc) is 3.00. The van der Waals surface area contributed by atoms with Gasteiger partial charge in [0.2, 0.25) is 5.91 Å². The van der Waals surface area contributed by atoms with Crippen LogP contribution in [0.4, 0.5) is 5.69 Å². The Morgan fingerprint density at radius 2 is 2.05 bits per heavy atom. The Bertz CT molecular complexity index is 470. The smallest absolute Gasteiger partial charge is 0.244 e. The quantitative estimate of drug-likeness (QED) is 0.874. The number of nitrogens with zero attached hydrogens (tertiary/aromatic N) is 1. The number of likely N-dealkylation sites (tertiary alicyclic amines) is 1.